The van der Waals surface area contributed by atoms with Gasteiger partial charge in [-0.05, 0) is 22.9 Å². The van der Waals surface area contributed by atoms with E-state index in [9.17, 15) is 9.59 Å². The molecule has 1 aliphatic heterocycles. The lowest BCUT2D eigenvalue weighted by molar-refractivity contribution is -0.135. The first-order valence-electron chi connectivity index (χ1n) is 5.01. The van der Waals surface area contributed by atoms with Crippen LogP contribution in [0.5, 0.6) is 0 Å². The molecule has 1 aliphatic carbocycles. The van der Waals surface area contributed by atoms with Gasteiger partial charge in [0.05, 0.1) is 6.61 Å². The van der Waals surface area contributed by atoms with Crippen molar-refractivity contribution in [2.45, 2.75) is 20.3 Å². The van der Waals surface area contributed by atoms with Crippen LogP contribution >= 0.6 is 11.6 Å². The molecule has 0 aromatic carbocycles. The minimum atomic E-state index is -0.312. The maximum absolute atomic E-state index is 11.2. The molecule has 15 heavy (non-hydrogen) atoms. The molecule has 2 rings (SSSR count). The van der Waals surface area contributed by atoms with E-state index in [0.717, 1.165) is 0 Å². The highest BCUT2D eigenvalue weighted by atomic mass is 35.5. The highest BCUT2D eigenvalue weighted by Gasteiger charge is 2.60. The van der Waals surface area contributed by atoms with Crippen molar-refractivity contribution in [2.75, 3.05) is 6.61 Å². The van der Waals surface area contributed by atoms with Crippen LogP contribution in [-0.4, -0.2) is 17.8 Å². The molecule has 0 radical (unpaired) electrons. The van der Waals surface area contributed by atoms with Crippen molar-refractivity contribution in [3.63, 3.8) is 0 Å². The van der Waals surface area contributed by atoms with Crippen LogP contribution in [0.3, 0.4) is 0 Å². The zero-order valence-electron chi connectivity index (χ0n) is 8.75. The summed E-state index contributed by atoms with van der Waals surface area (Å²) < 4.78 is 4.83. The van der Waals surface area contributed by atoms with Gasteiger partial charge in [-0.1, -0.05) is 19.9 Å². The molecular formula is C11H13ClO3. The summed E-state index contributed by atoms with van der Waals surface area (Å²) in [6, 6.07) is 0. The van der Waals surface area contributed by atoms with Crippen molar-refractivity contribution in [2.24, 2.45) is 17.3 Å². The van der Waals surface area contributed by atoms with E-state index in [-0.39, 0.29) is 28.5 Å². The Morgan fingerprint density at radius 3 is 2.67 bits per heavy atom. The van der Waals surface area contributed by atoms with Crippen LogP contribution < -0.4 is 0 Å². The molecule has 0 aromatic heterocycles. The molecule has 4 heteroatoms. The summed E-state index contributed by atoms with van der Waals surface area (Å²) >= 11 is 5.49. The topological polar surface area (TPSA) is 43.4 Å². The molecule has 3 nitrogen and oxygen atoms in total. The van der Waals surface area contributed by atoms with Gasteiger partial charge in [-0.2, -0.15) is 0 Å². The molecule has 0 amide bonds. The van der Waals surface area contributed by atoms with Crippen LogP contribution in [-0.2, 0) is 14.3 Å². The Labute approximate surface area is 93.4 Å². The molecule has 1 saturated heterocycles. The van der Waals surface area contributed by atoms with Gasteiger partial charge in [0.15, 0.2) is 0 Å². The summed E-state index contributed by atoms with van der Waals surface area (Å²) in [4.78, 5) is 22.3. The lowest BCUT2D eigenvalue weighted by Crippen LogP contribution is -1.96. The third kappa shape index (κ3) is 1.69. The monoisotopic (exact) mass is 228 g/mol. The van der Waals surface area contributed by atoms with E-state index in [1.165, 1.54) is 0 Å². The highest BCUT2D eigenvalue weighted by molar-refractivity contribution is 6.64. The summed E-state index contributed by atoms with van der Waals surface area (Å²) in [5, 5.41) is -0.312. The predicted octanol–water partition coefficient (Wildman–Crippen LogP) is 1.90. The second kappa shape index (κ2) is 3.34. The third-order valence-electron chi connectivity index (χ3n) is 3.40. The van der Waals surface area contributed by atoms with Gasteiger partial charge in [0.25, 0.3) is 0 Å². The van der Waals surface area contributed by atoms with Crippen LogP contribution in [0.4, 0.5) is 0 Å². The van der Waals surface area contributed by atoms with Crippen LogP contribution in [0.1, 0.15) is 20.3 Å². The van der Waals surface area contributed by atoms with Crippen LogP contribution in [0, 0.1) is 17.3 Å². The molecule has 0 aromatic rings. The fraction of sp³-hybridized carbons (Fsp3) is 0.636. The summed E-state index contributed by atoms with van der Waals surface area (Å²) in [5.41, 5.74) is 0.572. The predicted molar refractivity (Wildman–Crippen MR) is 55.3 cm³/mol. The number of cyclic esters (lactones) is 1. The molecule has 2 fully saturated rings. The molecule has 0 unspecified atom stereocenters. The number of esters is 1. The largest absolute Gasteiger partial charge is 0.462 e. The van der Waals surface area contributed by atoms with Crippen molar-refractivity contribution in [1.82, 2.24) is 0 Å². The van der Waals surface area contributed by atoms with E-state index in [0.29, 0.717) is 18.6 Å². The number of allylic oxidation sites excluding steroid dienone is 1. The zero-order chi connectivity index (χ0) is 11.2. The van der Waals surface area contributed by atoms with Gasteiger partial charge in [0, 0.05) is 17.9 Å². The summed E-state index contributed by atoms with van der Waals surface area (Å²) in [6.07, 6.45) is 2.51. The molecule has 1 heterocycles. The molecule has 2 atom stereocenters. The third-order valence-corrected chi connectivity index (χ3v) is 3.64. The average molecular weight is 229 g/mol. The maximum Gasteiger partial charge on any atom is 0.333 e. The zero-order valence-corrected chi connectivity index (χ0v) is 9.50. The Kier molecular flexibility index (Phi) is 2.38. The Bertz CT molecular complexity index is 357. The van der Waals surface area contributed by atoms with Crippen LogP contribution in [0.15, 0.2) is 11.6 Å². The summed E-state index contributed by atoms with van der Waals surface area (Å²) in [5.74, 6) is -0.318. The second-order valence-corrected chi connectivity index (χ2v) is 5.08. The number of ether oxygens (including phenoxy) is 1. The first kappa shape index (κ1) is 10.7. The molecule has 0 bridgehead atoms. The van der Waals surface area contributed by atoms with E-state index < -0.39 is 0 Å². The van der Waals surface area contributed by atoms with E-state index in [1.807, 2.05) is 19.9 Å². The lowest BCUT2D eigenvalue weighted by atomic mass is 10.1. The number of halogens is 1. The van der Waals surface area contributed by atoms with Crippen molar-refractivity contribution in [1.29, 1.82) is 0 Å². The second-order valence-electron chi connectivity index (χ2n) is 4.71. The lowest BCUT2D eigenvalue weighted by Gasteiger charge is -1.97. The Balaban J connectivity index is 2.15. The van der Waals surface area contributed by atoms with Gasteiger partial charge in [-0.25, -0.2) is 4.79 Å². The van der Waals surface area contributed by atoms with Gasteiger partial charge >= 0.3 is 5.97 Å². The number of hydrogen-bond acceptors (Lipinski definition) is 3. The smallest absolute Gasteiger partial charge is 0.333 e. The van der Waals surface area contributed by atoms with Crippen LogP contribution in [0.25, 0.3) is 0 Å². The summed E-state index contributed by atoms with van der Waals surface area (Å²) in [6.45, 7) is 4.43. The Morgan fingerprint density at radius 1 is 1.60 bits per heavy atom. The minimum Gasteiger partial charge on any atom is -0.462 e. The molecule has 0 spiro atoms. The fourth-order valence-electron chi connectivity index (χ4n) is 2.24. The number of hydrogen-bond donors (Lipinski definition) is 0. The standard InChI is InChI=1S/C11H13ClO3/c1-11(2)7(8(11)9(12)13)5-6-3-4-15-10(6)14/h5,7-8H,3-4H2,1-2H3/t7-,8+/m1/s1. The van der Waals surface area contributed by atoms with Crippen molar-refractivity contribution in [3.8, 4) is 0 Å². The molecule has 2 aliphatic rings. The maximum atomic E-state index is 11.2. The first-order chi connectivity index (χ1) is 6.94. The Hall–Kier alpha value is -0.830. The SMILES string of the molecule is CC1(C)[C@H](C=C2CCOC2=O)[C@H]1C(=O)Cl. The van der Waals surface area contributed by atoms with E-state index in [1.54, 1.807) is 0 Å². The number of carbonyl (C=O) groups is 2. The average Bonchev–Trinajstić information content (AvgIpc) is 2.47. The van der Waals surface area contributed by atoms with Gasteiger partial charge in [0.1, 0.15) is 0 Å². The van der Waals surface area contributed by atoms with Gasteiger partial charge < -0.3 is 4.74 Å². The van der Waals surface area contributed by atoms with Gasteiger partial charge in [-0.3, -0.25) is 4.79 Å². The van der Waals surface area contributed by atoms with Crippen molar-refractivity contribution >= 4 is 22.8 Å². The van der Waals surface area contributed by atoms with Crippen molar-refractivity contribution < 1.29 is 14.3 Å². The van der Waals surface area contributed by atoms with Gasteiger partial charge in [0.2, 0.25) is 5.24 Å². The number of carbonyl (C=O) groups excluding carboxylic acids is 2. The first-order valence-corrected chi connectivity index (χ1v) is 5.39. The number of rotatable bonds is 2. The molecule has 0 N–H and O–H groups in total. The van der Waals surface area contributed by atoms with E-state index in [4.69, 9.17) is 16.3 Å². The van der Waals surface area contributed by atoms with E-state index >= 15 is 0 Å². The highest BCUT2D eigenvalue weighted by Crippen LogP contribution is 2.60. The quantitative estimate of drug-likeness (QED) is 0.412. The fourth-order valence-corrected chi connectivity index (χ4v) is 2.66. The minimum absolute atomic E-state index is 0.0862. The summed E-state index contributed by atoms with van der Waals surface area (Å²) in [7, 11) is 0. The molecule has 1 saturated carbocycles. The van der Waals surface area contributed by atoms with Crippen LogP contribution in [0.2, 0.25) is 0 Å². The molecular weight excluding hydrogens is 216 g/mol. The van der Waals surface area contributed by atoms with E-state index in [2.05, 4.69) is 0 Å². The molecule has 82 valence electrons. The van der Waals surface area contributed by atoms with Gasteiger partial charge in [-0.15, -0.1) is 0 Å². The normalized spacial score (nSPS) is 35.4. The van der Waals surface area contributed by atoms with Crippen molar-refractivity contribution in [3.05, 3.63) is 11.6 Å². The Morgan fingerprint density at radius 2 is 2.27 bits per heavy atom.